The lowest BCUT2D eigenvalue weighted by Gasteiger charge is -2.14. The first-order chi connectivity index (χ1) is 8.99. The number of fused-ring (bicyclic) bond motifs is 1. The Labute approximate surface area is 110 Å². The Morgan fingerprint density at radius 2 is 1.79 bits per heavy atom. The number of nitrogens with two attached hydrogens (primary N) is 1. The van der Waals surface area contributed by atoms with Crippen LogP contribution < -0.4 is 15.8 Å². The van der Waals surface area contributed by atoms with E-state index in [0.717, 1.165) is 5.39 Å². The molecule has 2 aromatic carbocycles. The molecule has 0 aliphatic heterocycles. The number of carbonyl (C=O) groups is 2. The minimum absolute atomic E-state index is 0.261. The van der Waals surface area contributed by atoms with Crippen molar-refractivity contribution in [3.8, 4) is 5.75 Å². The minimum atomic E-state index is -0.457. The van der Waals surface area contributed by atoms with Crippen molar-refractivity contribution in [2.75, 3.05) is 11.1 Å². The molecule has 0 aromatic heterocycles. The average molecular weight is 258 g/mol. The summed E-state index contributed by atoms with van der Waals surface area (Å²) in [6.45, 7) is 2.69. The summed E-state index contributed by atoms with van der Waals surface area (Å²) in [5.74, 6) is -0.405. The molecule has 98 valence electrons. The Kier molecular flexibility index (Phi) is 3.37. The van der Waals surface area contributed by atoms with Crippen LogP contribution in [-0.2, 0) is 9.59 Å². The number of anilines is 2. The molecule has 5 nitrogen and oxygen atoms in total. The molecule has 0 fully saturated rings. The van der Waals surface area contributed by atoms with E-state index in [2.05, 4.69) is 5.32 Å². The second-order valence-corrected chi connectivity index (χ2v) is 4.16. The Bertz CT molecular complexity index is 665. The zero-order valence-corrected chi connectivity index (χ0v) is 10.7. The van der Waals surface area contributed by atoms with Gasteiger partial charge in [0.25, 0.3) is 0 Å². The van der Waals surface area contributed by atoms with Crippen molar-refractivity contribution >= 4 is 34.0 Å². The van der Waals surface area contributed by atoms with Gasteiger partial charge in [-0.2, -0.15) is 0 Å². The molecule has 2 aromatic rings. The molecule has 0 spiro atoms. The number of nitrogens with one attached hydrogen (secondary N) is 1. The van der Waals surface area contributed by atoms with Crippen molar-refractivity contribution in [2.45, 2.75) is 13.8 Å². The lowest BCUT2D eigenvalue weighted by Crippen LogP contribution is -2.11. The Hall–Kier alpha value is -2.56. The van der Waals surface area contributed by atoms with Crippen molar-refractivity contribution in [1.29, 1.82) is 0 Å². The van der Waals surface area contributed by atoms with Gasteiger partial charge >= 0.3 is 5.97 Å². The van der Waals surface area contributed by atoms with Gasteiger partial charge in [-0.25, -0.2) is 0 Å². The summed E-state index contributed by atoms with van der Waals surface area (Å²) in [7, 11) is 0. The highest BCUT2D eigenvalue weighted by atomic mass is 16.5. The zero-order chi connectivity index (χ0) is 14.0. The standard InChI is InChI=1S/C14H14N2O3/c1-8(17)16-13-7-12(15)10-5-3-4-6-11(10)14(13)19-9(2)18/h3-7H,15H2,1-2H3,(H,16,17). The summed E-state index contributed by atoms with van der Waals surface area (Å²) < 4.78 is 5.21. The molecule has 3 N–H and O–H groups in total. The van der Waals surface area contributed by atoms with Crippen LogP contribution in [0.25, 0.3) is 10.8 Å². The Morgan fingerprint density at radius 3 is 2.37 bits per heavy atom. The molecule has 0 saturated carbocycles. The Balaban J connectivity index is 2.71. The quantitative estimate of drug-likeness (QED) is 0.492. The third kappa shape index (κ3) is 2.65. The van der Waals surface area contributed by atoms with Gasteiger partial charge in [0, 0.05) is 30.3 Å². The first-order valence-electron chi connectivity index (χ1n) is 5.76. The van der Waals surface area contributed by atoms with Crippen LogP contribution in [0.4, 0.5) is 11.4 Å². The first-order valence-corrected chi connectivity index (χ1v) is 5.76. The van der Waals surface area contributed by atoms with E-state index in [1.807, 2.05) is 18.2 Å². The van der Waals surface area contributed by atoms with Crippen LogP contribution in [0.3, 0.4) is 0 Å². The van der Waals surface area contributed by atoms with E-state index < -0.39 is 5.97 Å². The van der Waals surface area contributed by atoms with Crippen molar-refractivity contribution in [2.24, 2.45) is 0 Å². The molecule has 0 saturated heterocycles. The summed E-state index contributed by atoms with van der Waals surface area (Å²) in [5.41, 5.74) is 6.84. The molecule has 1 amide bonds. The van der Waals surface area contributed by atoms with Crippen LogP contribution in [0.2, 0.25) is 0 Å². The smallest absolute Gasteiger partial charge is 0.308 e. The number of rotatable bonds is 2. The number of esters is 1. The van der Waals surface area contributed by atoms with Crippen molar-refractivity contribution in [3.63, 3.8) is 0 Å². The van der Waals surface area contributed by atoms with Gasteiger partial charge in [-0.15, -0.1) is 0 Å². The predicted octanol–water partition coefficient (Wildman–Crippen LogP) is 2.31. The largest absolute Gasteiger partial charge is 0.424 e. The monoisotopic (exact) mass is 258 g/mol. The normalized spacial score (nSPS) is 10.2. The lowest BCUT2D eigenvalue weighted by molar-refractivity contribution is -0.131. The number of hydrogen-bond donors (Lipinski definition) is 2. The molecule has 0 unspecified atom stereocenters. The Morgan fingerprint density at radius 1 is 1.16 bits per heavy atom. The van der Waals surface area contributed by atoms with Crippen molar-refractivity contribution in [1.82, 2.24) is 0 Å². The topological polar surface area (TPSA) is 81.4 Å². The van der Waals surface area contributed by atoms with Gasteiger partial charge in [0.15, 0.2) is 5.75 Å². The van der Waals surface area contributed by atoms with Gasteiger partial charge in [-0.3, -0.25) is 9.59 Å². The summed E-state index contributed by atoms with van der Waals surface area (Å²) in [4.78, 5) is 22.4. The fourth-order valence-corrected chi connectivity index (χ4v) is 1.91. The molecular weight excluding hydrogens is 244 g/mol. The highest BCUT2D eigenvalue weighted by molar-refractivity contribution is 6.05. The fraction of sp³-hybridized carbons (Fsp3) is 0.143. The second kappa shape index (κ2) is 4.97. The maximum atomic E-state index is 11.2. The molecule has 2 rings (SSSR count). The predicted molar refractivity (Wildman–Crippen MR) is 74.0 cm³/mol. The van der Waals surface area contributed by atoms with E-state index in [1.54, 1.807) is 12.1 Å². The minimum Gasteiger partial charge on any atom is -0.424 e. The summed E-state index contributed by atoms with van der Waals surface area (Å²) in [6.07, 6.45) is 0. The van der Waals surface area contributed by atoms with Crippen molar-refractivity contribution in [3.05, 3.63) is 30.3 Å². The number of nitrogen functional groups attached to an aromatic ring is 1. The lowest BCUT2D eigenvalue weighted by atomic mass is 10.1. The van der Waals surface area contributed by atoms with E-state index in [-0.39, 0.29) is 5.91 Å². The molecule has 0 heterocycles. The van der Waals surface area contributed by atoms with Crippen molar-refractivity contribution < 1.29 is 14.3 Å². The fourth-order valence-electron chi connectivity index (χ4n) is 1.91. The highest BCUT2D eigenvalue weighted by Gasteiger charge is 2.14. The number of ether oxygens (including phenoxy) is 1. The van der Waals surface area contributed by atoms with Crippen LogP contribution in [0.15, 0.2) is 30.3 Å². The van der Waals surface area contributed by atoms with E-state index in [4.69, 9.17) is 10.5 Å². The van der Waals surface area contributed by atoms with Gasteiger partial charge in [0.05, 0.1) is 5.69 Å². The number of hydrogen-bond acceptors (Lipinski definition) is 4. The number of carbonyl (C=O) groups excluding carboxylic acids is 2. The van der Waals surface area contributed by atoms with Crippen LogP contribution in [0, 0.1) is 0 Å². The molecular formula is C14H14N2O3. The molecule has 5 heteroatoms. The second-order valence-electron chi connectivity index (χ2n) is 4.16. The molecule has 0 aliphatic rings. The number of benzene rings is 2. The van der Waals surface area contributed by atoms with Crippen LogP contribution in [0.5, 0.6) is 5.75 Å². The molecule has 19 heavy (non-hydrogen) atoms. The van der Waals surface area contributed by atoms with Gasteiger partial charge < -0.3 is 15.8 Å². The third-order valence-corrected chi connectivity index (χ3v) is 2.58. The zero-order valence-electron chi connectivity index (χ0n) is 10.7. The molecule has 0 bridgehead atoms. The van der Waals surface area contributed by atoms with Gasteiger partial charge in [0.2, 0.25) is 5.91 Å². The van der Waals surface area contributed by atoms with Gasteiger partial charge in [-0.05, 0) is 6.07 Å². The van der Waals surface area contributed by atoms with Crippen LogP contribution in [-0.4, -0.2) is 11.9 Å². The molecule has 0 radical (unpaired) electrons. The number of amides is 1. The summed E-state index contributed by atoms with van der Waals surface area (Å²) in [5, 5.41) is 4.07. The molecule has 0 aliphatic carbocycles. The maximum absolute atomic E-state index is 11.2. The third-order valence-electron chi connectivity index (χ3n) is 2.58. The summed E-state index contributed by atoms with van der Waals surface area (Å²) in [6, 6.07) is 8.85. The maximum Gasteiger partial charge on any atom is 0.308 e. The van der Waals surface area contributed by atoms with E-state index in [1.165, 1.54) is 13.8 Å². The van der Waals surface area contributed by atoms with E-state index >= 15 is 0 Å². The van der Waals surface area contributed by atoms with E-state index in [9.17, 15) is 9.59 Å². The van der Waals surface area contributed by atoms with Crippen LogP contribution in [0.1, 0.15) is 13.8 Å². The SMILES string of the molecule is CC(=O)Nc1cc(N)c2ccccc2c1OC(C)=O. The molecule has 0 atom stereocenters. The van der Waals surface area contributed by atoms with E-state index in [0.29, 0.717) is 22.5 Å². The highest BCUT2D eigenvalue weighted by Crippen LogP contribution is 2.37. The van der Waals surface area contributed by atoms with Gasteiger partial charge in [0.1, 0.15) is 0 Å². The van der Waals surface area contributed by atoms with Crippen LogP contribution >= 0.6 is 0 Å². The average Bonchev–Trinajstić information content (AvgIpc) is 2.33. The van der Waals surface area contributed by atoms with Gasteiger partial charge in [-0.1, -0.05) is 24.3 Å². The summed E-state index contributed by atoms with van der Waals surface area (Å²) >= 11 is 0. The first kappa shape index (κ1) is 12.9.